The van der Waals surface area contributed by atoms with Crippen molar-refractivity contribution < 1.29 is 4.74 Å². The zero-order valence-corrected chi connectivity index (χ0v) is 11.1. The largest absolute Gasteiger partial charge is 0.381 e. The Labute approximate surface area is 113 Å². The molecule has 3 rings (SSSR count). The van der Waals surface area contributed by atoms with E-state index in [-0.39, 0.29) is 6.04 Å². The van der Waals surface area contributed by atoms with Gasteiger partial charge in [-0.05, 0) is 19.3 Å². The van der Waals surface area contributed by atoms with Crippen LogP contribution < -0.4 is 16.4 Å². The minimum Gasteiger partial charge on any atom is -0.381 e. The van der Waals surface area contributed by atoms with Gasteiger partial charge in [0.2, 0.25) is 5.95 Å². The maximum Gasteiger partial charge on any atom is 0.222 e. The topological polar surface area (TPSA) is 90.3 Å². The van der Waals surface area contributed by atoms with Crippen LogP contribution in [0, 0.1) is 0 Å². The third-order valence-electron chi connectivity index (χ3n) is 3.94. The van der Waals surface area contributed by atoms with Crippen LogP contribution in [0.5, 0.6) is 0 Å². The predicted molar refractivity (Wildman–Crippen MR) is 74.0 cm³/mol. The van der Waals surface area contributed by atoms with Crippen LogP contribution in [0.4, 0.5) is 11.8 Å². The van der Waals surface area contributed by atoms with Gasteiger partial charge in [-0.25, -0.2) is 4.98 Å². The Bertz CT molecular complexity index is 424. The zero-order valence-electron chi connectivity index (χ0n) is 11.1. The number of nitrogen functional groups attached to an aromatic ring is 1. The minimum absolute atomic E-state index is 0.239. The Balaban J connectivity index is 1.83. The highest BCUT2D eigenvalue weighted by Gasteiger charge is 2.23. The van der Waals surface area contributed by atoms with Crippen molar-refractivity contribution in [3.63, 3.8) is 0 Å². The van der Waals surface area contributed by atoms with Gasteiger partial charge >= 0.3 is 0 Å². The summed E-state index contributed by atoms with van der Waals surface area (Å²) in [5, 5.41) is 0. The normalized spacial score (nSPS) is 24.9. The maximum absolute atomic E-state index is 5.95. The van der Waals surface area contributed by atoms with Crippen LogP contribution in [0.1, 0.15) is 30.9 Å². The lowest BCUT2D eigenvalue weighted by Gasteiger charge is -2.23. The lowest BCUT2D eigenvalue weighted by molar-refractivity contribution is 0.0845. The quantitative estimate of drug-likeness (QED) is 0.807. The van der Waals surface area contributed by atoms with Crippen LogP contribution in [0.25, 0.3) is 0 Å². The number of ether oxygens (including phenoxy) is 1. The standard InChI is InChI=1S/C13H21N5O/c14-10-1-4-18(8-10)12-7-11(16-13(15)17-12)9-2-5-19-6-3-9/h7,9-10H,1-6,8,14H2,(H2,15,16,17)/t10-/m1/s1. The summed E-state index contributed by atoms with van der Waals surface area (Å²) in [7, 11) is 0. The molecule has 1 atom stereocenters. The fourth-order valence-corrected chi connectivity index (χ4v) is 2.83. The van der Waals surface area contributed by atoms with E-state index in [9.17, 15) is 0 Å². The van der Waals surface area contributed by atoms with Crippen molar-refractivity contribution in [2.45, 2.75) is 31.2 Å². The van der Waals surface area contributed by atoms with Crippen LogP contribution >= 0.6 is 0 Å². The van der Waals surface area contributed by atoms with E-state index in [1.54, 1.807) is 0 Å². The van der Waals surface area contributed by atoms with Gasteiger partial charge in [0.15, 0.2) is 0 Å². The van der Waals surface area contributed by atoms with E-state index in [0.717, 1.165) is 57.1 Å². The second kappa shape index (κ2) is 5.30. The van der Waals surface area contributed by atoms with Gasteiger partial charge in [0.25, 0.3) is 0 Å². The molecular formula is C13H21N5O. The van der Waals surface area contributed by atoms with Gasteiger partial charge in [0.05, 0.1) is 5.69 Å². The summed E-state index contributed by atoms with van der Waals surface area (Å²) in [6, 6.07) is 2.31. The van der Waals surface area contributed by atoms with Gasteiger partial charge in [-0.3, -0.25) is 0 Å². The van der Waals surface area contributed by atoms with E-state index in [4.69, 9.17) is 16.2 Å². The van der Waals surface area contributed by atoms with Gasteiger partial charge < -0.3 is 21.1 Å². The molecule has 2 saturated heterocycles. The molecule has 1 aromatic heterocycles. The third-order valence-corrected chi connectivity index (χ3v) is 3.94. The molecule has 0 amide bonds. The Morgan fingerprint density at radius 3 is 2.68 bits per heavy atom. The Kier molecular flexibility index (Phi) is 3.52. The Hall–Kier alpha value is -1.40. The van der Waals surface area contributed by atoms with Crippen molar-refractivity contribution in [1.29, 1.82) is 0 Å². The number of hydrogen-bond donors (Lipinski definition) is 2. The van der Waals surface area contributed by atoms with Crippen LogP contribution in [0.3, 0.4) is 0 Å². The smallest absolute Gasteiger partial charge is 0.222 e. The fourth-order valence-electron chi connectivity index (χ4n) is 2.83. The van der Waals surface area contributed by atoms with Crippen molar-refractivity contribution in [2.75, 3.05) is 36.9 Å². The Morgan fingerprint density at radius 2 is 2.00 bits per heavy atom. The number of anilines is 2. The molecule has 4 N–H and O–H groups in total. The molecule has 19 heavy (non-hydrogen) atoms. The van der Waals surface area contributed by atoms with Crippen LogP contribution in [-0.2, 0) is 4.74 Å². The summed E-state index contributed by atoms with van der Waals surface area (Å²) in [5.74, 6) is 1.72. The molecule has 2 aliphatic rings. The summed E-state index contributed by atoms with van der Waals surface area (Å²) >= 11 is 0. The van der Waals surface area contributed by atoms with E-state index < -0.39 is 0 Å². The molecule has 104 valence electrons. The number of hydrogen-bond acceptors (Lipinski definition) is 6. The summed E-state index contributed by atoms with van der Waals surface area (Å²) in [4.78, 5) is 11.0. The number of nitrogens with zero attached hydrogens (tertiary/aromatic N) is 3. The molecule has 0 aromatic carbocycles. The summed E-state index contributed by atoms with van der Waals surface area (Å²) in [5.41, 5.74) is 12.9. The monoisotopic (exact) mass is 263 g/mol. The second-order valence-corrected chi connectivity index (χ2v) is 5.39. The molecule has 0 unspecified atom stereocenters. The molecule has 1 aromatic rings. The van der Waals surface area contributed by atoms with Crippen molar-refractivity contribution in [3.05, 3.63) is 11.8 Å². The highest BCUT2D eigenvalue weighted by Crippen LogP contribution is 2.28. The van der Waals surface area contributed by atoms with E-state index >= 15 is 0 Å². The van der Waals surface area contributed by atoms with Crippen molar-refractivity contribution in [1.82, 2.24) is 9.97 Å². The van der Waals surface area contributed by atoms with Gasteiger partial charge in [-0.1, -0.05) is 0 Å². The highest BCUT2D eigenvalue weighted by atomic mass is 16.5. The lowest BCUT2D eigenvalue weighted by Crippen LogP contribution is -2.27. The molecule has 3 heterocycles. The van der Waals surface area contributed by atoms with Crippen LogP contribution in [-0.4, -0.2) is 42.3 Å². The van der Waals surface area contributed by atoms with Crippen molar-refractivity contribution in [3.8, 4) is 0 Å². The van der Waals surface area contributed by atoms with E-state index in [1.807, 2.05) is 0 Å². The molecule has 0 bridgehead atoms. The molecule has 6 nitrogen and oxygen atoms in total. The first-order valence-corrected chi connectivity index (χ1v) is 6.95. The minimum atomic E-state index is 0.239. The Morgan fingerprint density at radius 1 is 1.21 bits per heavy atom. The van der Waals surface area contributed by atoms with E-state index in [0.29, 0.717) is 11.9 Å². The predicted octanol–water partition coefficient (Wildman–Crippen LogP) is 0.490. The number of aromatic nitrogens is 2. The molecule has 0 saturated carbocycles. The van der Waals surface area contributed by atoms with Gasteiger partial charge in [-0.15, -0.1) is 0 Å². The van der Waals surface area contributed by atoms with Gasteiger partial charge in [0, 0.05) is 44.3 Å². The average molecular weight is 263 g/mol. The van der Waals surface area contributed by atoms with E-state index in [2.05, 4.69) is 20.9 Å². The third kappa shape index (κ3) is 2.79. The molecule has 6 heteroatoms. The summed E-state index contributed by atoms with van der Waals surface area (Å²) < 4.78 is 5.39. The average Bonchev–Trinajstić information content (AvgIpc) is 2.86. The van der Waals surface area contributed by atoms with Gasteiger partial charge in [0.1, 0.15) is 5.82 Å². The van der Waals surface area contributed by atoms with Gasteiger partial charge in [-0.2, -0.15) is 4.98 Å². The van der Waals surface area contributed by atoms with Crippen molar-refractivity contribution in [2.24, 2.45) is 5.73 Å². The molecule has 0 spiro atoms. The first kappa shape index (κ1) is 12.6. The number of nitrogens with two attached hydrogens (primary N) is 2. The molecular weight excluding hydrogens is 242 g/mol. The van der Waals surface area contributed by atoms with Crippen LogP contribution in [0.15, 0.2) is 6.07 Å². The van der Waals surface area contributed by atoms with E-state index in [1.165, 1.54) is 0 Å². The lowest BCUT2D eigenvalue weighted by atomic mass is 9.96. The maximum atomic E-state index is 5.95. The van der Waals surface area contributed by atoms with Crippen molar-refractivity contribution >= 4 is 11.8 Å². The highest BCUT2D eigenvalue weighted by molar-refractivity contribution is 5.45. The van der Waals surface area contributed by atoms with Crippen LogP contribution in [0.2, 0.25) is 0 Å². The molecule has 0 radical (unpaired) electrons. The first-order valence-electron chi connectivity index (χ1n) is 6.95. The first-order chi connectivity index (χ1) is 9.22. The zero-order chi connectivity index (χ0) is 13.2. The summed E-state index contributed by atoms with van der Waals surface area (Å²) in [6.45, 7) is 3.41. The fraction of sp³-hybridized carbons (Fsp3) is 0.692. The second-order valence-electron chi connectivity index (χ2n) is 5.39. The summed E-state index contributed by atoms with van der Waals surface area (Å²) in [6.07, 6.45) is 3.03. The molecule has 2 fully saturated rings. The SMILES string of the molecule is Nc1nc(C2CCOCC2)cc(N2CC[C@@H](N)C2)n1. The number of rotatable bonds is 2. The molecule has 2 aliphatic heterocycles. The molecule has 0 aliphatic carbocycles.